The molecule has 0 amide bonds. The van der Waals surface area contributed by atoms with Crippen LogP contribution in [0, 0.1) is 6.92 Å². The molecule has 0 spiro atoms. The van der Waals surface area contributed by atoms with E-state index < -0.39 is 6.10 Å². The second kappa shape index (κ2) is 6.81. The molecule has 0 fully saturated rings. The van der Waals surface area contributed by atoms with Gasteiger partial charge in [-0.25, -0.2) is 0 Å². The number of rotatable bonds is 4. The van der Waals surface area contributed by atoms with E-state index in [1.807, 2.05) is 31.2 Å². The number of benzene rings is 2. The van der Waals surface area contributed by atoms with E-state index in [4.69, 9.17) is 9.47 Å². The third kappa shape index (κ3) is 3.25. The highest BCUT2D eigenvalue weighted by Gasteiger charge is 2.21. The van der Waals surface area contributed by atoms with Crippen LogP contribution in [0.2, 0.25) is 0 Å². The first-order valence-electron chi connectivity index (χ1n) is 6.34. The summed E-state index contributed by atoms with van der Waals surface area (Å²) in [4.78, 5) is 0. The van der Waals surface area contributed by atoms with Gasteiger partial charge >= 0.3 is 0 Å². The highest BCUT2D eigenvalue weighted by molar-refractivity contribution is 9.11. The first-order chi connectivity index (χ1) is 9.99. The molecule has 0 aliphatic heterocycles. The molecule has 2 aromatic rings. The van der Waals surface area contributed by atoms with Crippen molar-refractivity contribution in [2.45, 2.75) is 13.0 Å². The van der Waals surface area contributed by atoms with E-state index in [0.29, 0.717) is 21.5 Å². The molecule has 1 unspecified atom stereocenters. The van der Waals surface area contributed by atoms with Gasteiger partial charge in [-0.3, -0.25) is 0 Å². The maximum atomic E-state index is 10.7. The molecule has 0 aliphatic carbocycles. The Morgan fingerprint density at radius 2 is 1.71 bits per heavy atom. The predicted octanol–water partition coefficient (Wildman–Crippen LogP) is 4.62. The molecular formula is C16H16Br2O3. The summed E-state index contributed by atoms with van der Waals surface area (Å²) < 4.78 is 12.2. The highest BCUT2D eigenvalue weighted by Crippen LogP contribution is 2.42. The molecule has 5 heteroatoms. The van der Waals surface area contributed by atoms with Gasteiger partial charge in [-0.2, -0.15) is 0 Å². The normalized spacial score (nSPS) is 12.1. The Balaban J connectivity index is 2.55. The third-order valence-electron chi connectivity index (χ3n) is 3.26. The Bertz CT molecular complexity index is 656. The summed E-state index contributed by atoms with van der Waals surface area (Å²) in [6.45, 7) is 1.99. The van der Waals surface area contributed by atoms with Gasteiger partial charge in [0.25, 0.3) is 0 Å². The fraction of sp³-hybridized carbons (Fsp3) is 0.250. The molecule has 21 heavy (non-hydrogen) atoms. The molecule has 2 rings (SSSR count). The van der Waals surface area contributed by atoms with Crippen LogP contribution in [0.25, 0.3) is 0 Å². The Kier molecular flexibility index (Phi) is 5.30. The van der Waals surface area contributed by atoms with Crippen molar-refractivity contribution in [3.05, 3.63) is 56.0 Å². The average molecular weight is 416 g/mol. The first-order valence-corrected chi connectivity index (χ1v) is 7.92. The van der Waals surface area contributed by atoms with Crippen molar-refractivity contribution in [2.24, 2.45) is 0 Å². The molecular weight excluding hydrogens is 400 g/mol. The van der Waals surface area contributed by atoms with E-state index in [0.717, 1.165) is 15.6 Å². The number of ether oxygens (including phenoxy) is 2. The zero-order chi connectivity index (χ0) is 15.6. The van der Waals surface area contributed by atoms with E-state index in [9.17, 15) is 5.11 Å². The second-order valence-electron chi connectivity index (χ2n) is 4.63. The Morgan fingerprint density at radius 3 is 2.33 bits per heavy atom. The summed E-state index contributed by atoms with van der Waals surface area (Å²) in [5.41, 5.74) is 2.56. The zero-order valence-electron chi connectivity index (χ0n) is 12.0. The topological polar surface area (TPSA) is 38.7 Å². The lowest BCUT2D eigenvalue weighted by atomic mass is 9.99. The van der Waals surface area contributed by atoms with Crippen LogP contribution in [0.15, 0.2) is 39.3 Å². The van der Waals surface area contributed by atoms with Crippen molar-refractivity contribution in [1.82, 2.24) is 0 Å². The predicted molar refractivity (Wildman–Crippen MR) is 90.2 cm³/mol. The minimum absolute atomic E-state index is 0.565. The Morgan fingerprint density at radius 1 is 1.00 bits per heavy atom. The molecule has 0 radical (unpaired) electrons. The molecule has 0 saturated carbocycles. The number of aliphatic hydroxyl groups is 1. The molecule has 0 saturated heterocycles. The minimum atomic E-state index is -0.795. The summed E-state index contributed by atoms with van der Waals surface area (Å²) in [6.07, 6.45) is -0.795. The molecule has 2 aromatic carbocycles. The summed E-state index contributed by atoms with van der Waals surface area (Å²) >= 11 is 6.94. The van der Waals surface area contributed by atoms with E-state index in [-0.39, 0.29) is 0 Å². The first kappa shape index (κ1) is 16.3. The summed E-state index contributed by atoms with van der Waals surface area (Å²) in [5, 5.41) is 10.7. The van der Waals surface area contributed by atoms with Crippen LogP contribution in [-0.4, -0.2) is 19.3 Å². The minimum Gasteiger partial charge on any atom is -0.495 e. The molecule has 0 aromatic heterocycles. The van der Waals surface area contributed by atoms with Crippen molar-refractivity contribution in [3.8, 4) is 11.5 Å². The van der Waals surface area contributed by atoms with Crippen LogP contribution < -0.4 is 9.47 Å². The van der Waals surface area contributed by atoms with Gasteiger partial charge in [-0.1, -0.05) is 33.6 Å². The molecule has 0 aliphatic rings. The fourth-order valence-corrected chi connectivity index (χ4v) is 3.32. The lowest BCUT2D eigenvalue weighted by Gasteiger charge is -2.19. The maximum Gasteiger partial charge on any atom is 0.142 e. The van der Waals surface area contributed by atoms with Gasteiger partial charge in [0.05, 0.1) is 14.2 Å². The number of aliphatic hydroxyl groups excluding tert-OH is 1. The molecule has 1 atom stereocenters. The van der Waals surface area contributed by atoms with E-state index in [1.165, 1.54) is 0 Å². The van der Waals surface area contributed by atoms with Crippen LogP contribution in [0.1, 0.15) is 22.8 Å². The van der Waals surface area contributed by atoms with Crippen LogP contribution >= 0.6 is 31.9 Å². The zero-order valence-corrected chi connectivity index (χ0v) is 15.2. The number of halogens is 2. The van der Waals surface area contributed by atoms with Gasteiger partial charge < -0.3 is 14.6 Å². The van der Waals surface area contributed by atoms with Crippen LogP contribution in [0.3, 0.4) is 0 Å². The second-order valence-corrected chi connectivity index (χ2v) is 6.28. The van der Waals surface area contributed by atoms with Crippen molar-refractivity contribution in [1.29, 1.82) is 0 Å². The number of methoxy groups -OCH3 is 2. The quantitative estimate of drug-likeness (QED) is 0.791. The Labute approximate surface area is 141 Å². The molecule has 0 bridgehead atoms. The third-order valence-corrected chi connectivity index (χ3v) is 4.73. The average Bonchev–Trinajstić information content (AvgIpc) is 2.48. The van der Waals surface area contributed by atoms with Gasteiger partial charge in [-0.15, -0.1) is 0 Å². The van der Waals surface area contributed by atoms with Gasteiger partial charge in [0.1, 0.15) is 22.1 Å². The molecule has 3 nitrogen and oxygen atoms in total. The summed E-state index contributed by atoms with van der Waals surface area (Å²) in [5.74, 6) is 1.22. The molecule has 0 heterocycles. The van der Waals surface area contributed by atoms with Crippen molar-refractivity contribution >= 4 is 31.9 Å². The highest BCUT2D eigenvalue weighted by atomic mass is 79.9. The molecule has 112 valence electrons. The lowest BCUT2D eigenvalue weighted by Crippen LogP contribution is -2.05. The lowest BCUT2D eigenvalue weighted by molar-refractivity contribution is 0.213. The largest absolute Gasteiger partial charge is 0.495 e. The summed E-state index contributed by atoms with van der Waals surface area (Å²) in [7, 11) is 3.16. The van der Waals surface area contributed by atoms with Gasteiger partial charge in [0, 0.05) is 10.0 Å². The van der Waals surface area contributed by atoms with Gasteiger partial charge in [0.15, 0.2) is 0 Å². The van der Waals surface area contributed by atoms with Crippen molar-refractivity contribution < 1.29 is 14.6 Å². The number of hydrogen-bond acceptors (Lipinski definition) is 3. The fourth-order valence-electron chi connectivity index (χ4n) is 2.17. The summed E-state index contributed by atoms with van der Waals surface area (Å²) in [6, 6.07) is 9.48. The van der Waals surface area contributed by atoms with Crippen LogP contribution in [-0.2, 0) is 0 Å². The Hall–Kier alpha value is -1.04. The van der Waals surface area contributed by atoms with Crippen molar-refractivity contribution in [2.75, 3.05) is 14.2 Å². The van der Waals surface area contributed by atoms with Gasteiger partial charge in [-0.05, 0) is 46.6 Å². The van der Waals surface area contributed by atoms with Crippen LogP contribution in [0.4, 0.5) is 0 Å². The van der Waals surface area contributed by atoms with Gasteiger partial charge in [0.2, 0.25) is 0 Å². The van der Waals surface area contributed by atoms with E-state index in [1.54, 1.807) is 20.3 Å². The van der Waals surface area contributed by atoms with E-state index in [2.05, 4.69) is 31.9 Å². The standard InChI is InChI=1S/C16H16Br2O3/c1-9-4-6-12(17)11(8-9)15(19)10-5-7-13(20-2)14(18)16(10)21-3/h4-8,15,19H,1-3H3. The SMILES string of the molecule is COc1ccc(C(O)c2cc(C)ccc2Br)c(OC)c1Br. The smallest absolute Gasteiger partial charge is 0.142 e. The number of aryl methyl sites for hydroxylation is 1. The number of hydrogen-bond donors (Lipinski definition) is 1. The maximum absolute atomic E-state index is 10.7. The van der Waals surface area contributed by atoms with Crippen molar-refractivity contribution in [3.63, 3.8) is 0 Å². The van der Waals surface area contributed by atoms with E-state index >= 15 is 0 Å². The monoisotopic (exact) mass is 414 g/mol. The van der Waals surface area contributed by atoms with Crippen LogP contribution in [0.5, 0.6) is 11.5 Å². The molecule has 1 N–H and O–H groups in total.